The Labute approximate surface area is 152 Å². The van der Waals surface area contributed by atoms with Crippen LogP contribution < -0.4 is 5.32 Å². The van der Waals surface area contributed by atoms with Crippen molar-refractivity contribution in [2.24, 2.45) is 11.3 Å². The summed E-state index contributed by atoms with van der Waals surface area (Å²) in [5.74, 6) is 0.762. The predicted molar refractivity (Wildman–Crippen MR) is 98.5 cm³/mol. The Bertz CT molecular complexity index is 450. The molecule has 5 nitrogen and oxygen atoms in total. The van der Waals surface area contributed by atoms with Crippen LogP contribution in [-0.2, 0) is 4.74 Å². The molecule has 2 saturated carbocycles. The molecule has 0 atom stereocenters. The molecule has 0 aromatic carbocycles. The van der Waals surface area contributed by atoms with Crippen LogP contribution in [0.25, 0.3) is 0 Å². The second-order valence-electron chi connectivity index (χ2n) is 9.73. The van der Waals surface area contributed by atoms with Crippen LogP contribution in [0.5, 0.6) is 0 Å². The largest absolute Gasteiger partial charge is 0.444 e. The van der Waals surface area contributed by atoms with Crippen molar-refractivity contribution in [1.29, 1.82) is 0 Å². The fourth-order valence-corrected chi connectivity index (χ4v) is 4.89. The number of hydrogen-bond donors (Lipinski definition) is 2. The lowest BCUT2D eigenvalue weighted by molar-refractivity contribution is -0.0699. The van der Waals surface area contributed by atoms with Gasteiger partial charge in [-0.15, -0.1) is 0 Å². The third kappa shape index (κ3) is 5.33. The van der Waals surface area contributed by atoms with Crippen molar-refractivity contribution >= 4 is 6.09 Å². The Hall–Kier alpha value is -0.810. The van der Waals surface area contributed by atoms with Gasteiger partial charge in [-0.25, -0.2) is 4.79 Å². The van der Waals surface area contributed by atoms with E-state index in [0.717, 1.165) is 31.6 Å². The van der Waals surface area contributed by atoms with Crippen LogP contribution in [0.15, 0.2) is 0 Å². The maximum Gasteiger partial charge on any atom is 0.407 e. The normalized spacial score (nSPS) is 30.7. The molecule has 1 spiro atoms. The topological polar surface area (TPSA) is 61.8 Å². The van der Waals surface area contributed by atoms with Crippen LogP contribution in [0, 0.1) is 11.3 Å². The summed E-state index contributed by atoms with van der Waals surface area (Å²) in [5, 5.41) is 12.6. The monoisotopic (exact) mass is 352 g/mol. The van der Waals surface area contributed by atoms with Crippen LogP contribution in [0.3, 0.4) is 0 Å². The van der Waals surface area contributed by atoms with Crippen LogP contribution in [0.2, 0.25) is 0 Å². The number of likely N-dealkylation sites (tertiary alicyclic amines) is 1. The van der Waals surface area contributed by atoms with E-state index in [2.05, 4.69) is 10.2 Å². The summed E-state index contributed by atoms with van der Waals surface area (Å²) < 4.78 is 5.36. The number of rotatable bonds is 3. The predicted octanol–water partition coefficient (Wildman–Crippen LogP) is 3.31. The molecule has 3 fully saturated rings. The molecule has 3 rings (SSSR count). The number of ether oxygens (including phenoxy) is 1. The maximum atomic E-state index is 11.9. The molecule has 1 heterocycles. The molecule has 0 bridgehead atoms. The van der Waals surface area contributed by atoms with E-state index in [4.69, 9.17) is 4.74 Å². The van der Waals surface area contributed by atoms with Crippen LogP contribution in [0.4, 0.5) is 4.79 Å². The first-order valence-electron chi connectivity index (χ1n) is 10.1. The van der Waals surface area contributed by atoms with E-state index >= 15 is 0 Å². The Kier molecular flexibility index (Phi) is 5.64. The zero-order valence-electron chi connectivity index (χ0n) is 16.2. The molecule has 0 unspecified atom stereocenters. The standard InChI is InChI=1S/C20H36N2O3/c1-19(2,3)25-18(24)21-16-6-4-15(5-7-16)14-22-10-8-20(9-11-22)12-17(23)13-20/h15-17,23H,4-14H2,1-3H3,(H,21,24). The van der Waals surface area contributed by atoms with Crippen molar-refractivity contribution in [1.82, 2.24) is 10.2 Å². The van der Waals surface area contributed by atoms with Gasteiger partial charge in [0.05, 0.1) is 6.10 Å². The number of amides is 1. The number of carbonyl (C=O) groups excluding carboxylic acids is 1. The Morgan fingerprint density at radius 3 is 2.28 bits per heavy atom. The first-order chi connectivity index (χ1) is 11.7. The molecule has 2 N–H and O–H groups in total. The van der Waals surface area contributed by atoms with Crippen molar-refractivity contribution in [3.05, 3.63) is 0 Å². The molecule has 144 valence electrons. The summed E-state index contributed by atoms with van der Waals surface area (Å²) in [5.41, 5.74) is 0.0499. The minimum absolute atomic E-state index is 0.0284. The van der Waals surface area contributed by atoms with Crippen LogP contribution in [0.1, 0.15) is 72.1 Å². The summed E-state index contributed by atoms with van der Waals surface area (Å²) >= 11 is 0. The van der Waals surface area contributed by atoms with E-state index in [1.165, 1.54) is 45.3 Å². The second-order valence-corrected chi connectivity index (χ2v) is 9.73. The number of piperidine rings is 1. The lowest BCUT2D eigenvalue weighted by atomic mass is 9.61. The third-order valence-electron chi connectivity index (χ3n) is 6.34. The number of carbonyl (C=O) groups is 1. The molecule has 1 saturated heterocycles. The highest BCUT2D eigenvalue weighted by molar-refractivity contribution is 5.68. The fourth-order valence-electron chi connectivity index (χ4n) is 4.89. The third-order valence-corrected chi connectivity index (χ3v) is 6.34. The fraction of sp³-hybridized carbons (Fsp3) is 0.950. The first kappa shape index (κ1) is 19.0. The number of nitrogens with one attached hydrogen (secondary N) is 1. The zero-order chi connectivity index (χ0) is 18.1. The molecular weight excluding hydrogens is 316 g/mol. The molecule has 1 aliphatic heterocycles. The molecule has 0 aromatic rings. The second kappa shape index (κ2) is 7.43. The van der Waals surface area contributed by atoms with Gasteiger partial charge >= 0.3 is 6.09 Å². The van der Waals surface area contributed by atoms with E-state index in [1.54, 1.807) is 0 Å². The van der Waals surface area contributed by atoms with Gasteiger partial charge in [0.25, 0.3) is 0 Å². The highest BCUT2D eigenvalue weighted by Crippen LogP contribution is 2.49. The van der Waals surface area contributed by atoms with E-state index < -0.39 is 5.60 Å². The smallest absolute Gasteiger partial charge is 0.407 e. The molecule has 1 amide bonds. The Morgan fingerprint density at radius 2 is 1.76 bits per heavy atom. The quantitative estimate of drug-likeness (QED) is 0.818. The summed E-state index contributed by atoms with van der Waals surface area (Å²) in [6.45, 7) is 9.30. The first-order valence-corrected chi connectivity index (χ1v) is 10.1. The van der Waals surface area contributed by atoms with Gasteiger partial charge in [-0.05, 0) is 96.6 Å². The van der Waals surface area contributed by atoms with Gasteiger partial charge in [-0.3, -0.25) is 0 Å². The highest BCUT2D eigenvalue weighted by Gasteiger charge is 2.45. The summed E-state index contributed by atoms with van der Waals surface area (Å²) in [7, 11) is 0. The average Bonchev–Trinajstić information content (AvgIpc) is 2.48. The van der Waals surface area contributed by atoms with E-state index in [1.807, 2.05) is 20.8 Å². The molecule has 0 aromatic heterocycles. The molecule has 2 aliphatic carbocycles. The van der Waals surface area contributed by atoms with Crippen LogP contribution in [-0.4, -0.2) is 53.5 Å². The number of aliphatic hydroxyl groups excluding tert-OH is 1. The minimum Gasteiger partial charge on any atom is -0.444 e. The van der Waals surface area contributed by atoms with E-state index in [9.17, 15) is 9.90 Å². The highest BCUT2D eigenvalue weighted by atomic mass is 16.6. The maximum absolute atomic E-state index is 11.9. The minimum atomic E-state index is -0.427. The average molecular weight is 353 g/mol. The lowest BCUT2D eigenvalue weighted by Gasteiger charge is -2.51. The molecule has 25 heavy (non-hydrogen) atoms. The van der Waals surface area contributed by atoms with Crippen molar-refractivity contribution in [3.8, 4) is 0 Å². The van der Waals surface area contributed by atoms with Gasteiger partial charge in [0.1, 0.15) is 5.60 Å². The van der Waals surface area contributed by atoms with Gasteiger partial charge in [-0.1, -0.05) is 0 Å². The zero-order valence-corrected chi connectivity index (χ0v) is 16.2. The van der Waals surface area contributed by atoms with Crippen LogP contribution >= 0.6 is 0 Å². The molecule has 5 heteroatoms. The van der Waals surface area contributed by atoms with Crippen molar-refractivity contribution < 1.29 is 14.6 Å². The summed E-state index contributed by atoms with van der Waals surface area (Å²) in [4.78, 5) is 14.5. The van der Waals surface area contributed by atoms with E-state index in [0.29, 0.717) is 5.41 Å². The van der Waals surface area contributed by atoms with Gasteiger partial charge in [0.15, 0.2) is 0 Å². The molecule has 0 radical (unpaired) electrons. The number of hydrogen-bond acceptors (Lipinski definition) is 4. The van der Waals surface area contributed by atoms with Gasteiger partial charge in [-0.2, -0.15) is 0 Å². The SMILES string of the molecule is CC(C)(C)OC(=O)NC1CCC(CN2CCC3(CC2)CC(O)C3)CC1. The van der Waals surface area contributed by atoms with Gasteiger partial charge in [0.2, 0.25) is 0 Å². The van der Waals surface area contributed by atoms with Crippen molar-refractivity contribution in [2.45, 2.75) is 89.9 Å². The van der Waals surface area contributed by atoms with Crippen molar-refractivity contribution in [3.63, 3.8) is 0 Å². The Balaban J connectivity index is 1.32. The number of aliphatic hydroxyl groups is 1. The summed E-state index contributed by atoms with van der Waals surface area (Å²) in [6.07, 6.45) is 8.80. The molecule has 3 aliphatic rings. The van der Waals surface area contributed by atoms with Gasteiger partial charge in [0, 0.05) is 12.6 Å². The number of nitrogens with zero attached hydrogens (tertiary/aromatic N) is 1. The van der Waals surface area contributed by atoms with Crippen molar-refractivity contribution in [2.75, 3.05) is 19.6 Å². The lowest BCUT2D eigenvalue weighted by Crippen LogP contribution is -2.50. The number of alkyl carbamates (subject to hydrolysis) is 1. The Morgan fingerprint density at radius 1 is 1.16 bits per heavy atom. The molecular formula is C20H36N2O3. The van der Waals surface area contributed by atoms with Gasteiger partial charge < -0.3 is 20.1 Å². The van der Waals surface area contributed by atoms with E-state index in [-0.39, 0.29) is 18.2 Å². The summed E-state index contributed by atoms with van der Waals surface area (Å²) in [6, 6.07) is 0.271.